The van der Waals surface area contributed by atoms with E-state index in [1.165, 1.54) is 30.2 Å². The molecule has 33 heavy (non-hydrogen) atoms. The normalized spacial score (nSPS) is 11.4. The van der Waals surface area contributed by atoms with Crippen LogP contribution in [0.1, 0.15) is 25.8 Å². The second-order valence-electron chi connectivity index (χ2n) is 7.07. The SMILES string of the molecule is CCCNC(=O)[C@H](C)N(Cc1c(Cl)cccc1Cl)C(=O)COc1ccc([N+](=O)[O-])c(OC)c1. The van der Waals surface area contributed by atoms with E-state index in [2.05, 4.69) is 5.32 Å². The van der Waals surface area contributed by atoms with Crippen LogP contribution in [-0.2, 0) is 16.1 Å². The van der Waals surface area contributed by atoms with Gasteiger partial charge in [0.05, 0.1) is 12.0 Å². The number of benzene rings is 2. The van der Waals surface area contributed by atoms with Gasteiger partial charge in [-0.15, -0.1) is 0 Å². The average molecular weight is 498 g/mol. The predicted octanol–water partition coefficient (Wildman–Crippen LogP) is 4.23. The maximum absolute atomic E-state index is 13.1. The van der Waals surface area contributed by atoms with E-state index in [1.54, 1.807) is 25.1 Å². The number of nitrogens with zero attached hydrogens (tertiary/aromatic N) is 2. The summed E-state index contributed by atoms with van der Waals surface area (Å²) in [5.74, 6) is -0.630. The number of carbonyl (C=O) groups excluding carboxylic acids is 2. The van der Waals surface area contributed by atoms with Crippen molar-refractivity contribution in [1.82, 2.24) is 10.2 Å². The second kappa shape index (κ2) is 12.3. The third-order valence-electron chi connectivity index (χ3n) is 4.82. The van der Waals surface area contributed by atoms with E-state index in [0.717, 1.165) is 6.42 Å². The summed E-state index contributed by atoms with van der Waals surface area (Å²) in [7, 11) is 1.29. The summed E-state index contributed by atoms with van der Waals surface area (Å²) < 4.78 is 10.6. The van der Waals surface area contributed by atoms with Crippen molar-refractivity contribution in [2.45, 2.75) is 32.9 Å². The lowest BCUT2D eigenvalue weighted by Crippen LogP contribution is -2.49. The Labute approximate surface area is 201 Å². The van der Waals surface area contributed by atoms with Crippen LogP contribution in [-0.4, -0.2) is 47.9 Å². The Morgan fingerprint density at radius 1 is 1.21 bits per heavy atom. The van der Waals surface area contributed by atoms with Gasteiger partial charge in [-0.2, -0.15) is 0 Å². The molecule has 0 bridgehead atoms. The van der Waals surface area contributed by atoms with E-state index in [4.69, 9.17) is 32.7 Å². The number of methoxy groups -OCH3 is 1. The van der Waals surface area contributed by atoms with Gasteiger partial charge in [-0.1, -0.05) is 36.2 Å². The van der Waals surface area contributed by atoms with Crippen LogP contribution in [0.4, 0.5) is 5.69 Å². The summed E-state index contributed by atoms with van der Waals surface area (Å²) in [4.78, 5) is 37.5. The highest BCUT2D eigenvalue weighted by Crippen LogP contribution is 2.31. The fraction of sp³-hybridized carbons (Fsp3) is 0.364. The van der Waals surface area contributed by atoms with Gasteiger partial charge in [-0.3, -0.25) is 19.7 Å². The summed E-state index contributed by atoms with van der Waals surface area (Å²) in [6, 6.07) is 8.05. The van der Waals surface area contributed by atoms with Crippen molar-refractivity contribution in [3.05, 3.63) is 62.1 Å². The molecule has 0 aliphatic carbocycles. The molecule has 0 unspecified atom stereocenters. The van der Waals surface area contributed by atoms with Crippen molar-refractivity contribution in [2.75, 3.05) is 20.3 Å². The number of carbonyl (C=O) groups is 2. The number of hydrogen-bond donors (Lipinski definition) is 1. The smallest absolute Gasteiger partial charge is 0.311 e. The minimum atomic E-state index is -0.827. The van der Waals surface area contributed by atoms with Crippen molar-refractivity contribution < 1.29 is 24.0 Å². The fourth-order valence-electron chi connectivity index (χ4n) is 2.96. The standard InChI is InChI=1S/C22H25Cl2N3O6/c1-4-10-25-22(29)14(2)26(12-16-17(23)6-5-7-18(16)24)21(28)13-33-15-8-9-19(27(30)31)20(11-15)32-3/h5-9,11,14H,4,10,12-13H2,1-3H3,(H,25,29)/t14-/m0/s1. The summed E-state index contributed by atoms with van der Waals surface area (Å²) in [5, 5.41) is 14.5. The van der Waals surface area contributed by atoms with Crippen molar-refractivity contribution in [3.8, 4) is 11.5 Å². The third-order valence-corrected chi connectivity index (χ3v) is 5.53. The van der Waals surface area contributed by atoms with Crippen molar-refractivity contribution in [2.24, 2.45) is 0 Å². The van der Waals surface area contributed by atoms with Crippen LogP contribution in [0.5, 0.6) is 11.5 Å². The molecule has 2 rings (SSSR count). The second-order valence-corrected chi connectivity index (χ2v) is 7.88. The first-order valence-corrected chi connectivity index (χ1v) is 10.9. The van der Waals surface area contributed by atoms with E-state index >= 15 is 0 Å². The molecule has 0 aliphatic rings. The molecular weight excluding hydrogens is 473 g/mol. The van der Waals surface area contributed by atoms with Crippen molar-refractivity contribution >= 4 is 40.7 Å². The molecule has 0 aliphatic heterocycles. The molecule has 11 heteroatoms. The first-order chi connectivity index (χ1) is 15.7. The van der Waals surface area contributed by atoms with Crippen LogP contribution in [0, 0.1) is 10.1 Å². The Kier molecular flexibility index (Phi) is 9.74. The summed E-state index contributed by atoms with van der Waals surface area (Å²) in [5.41, 5.74) is 0.272. The zero-order chi connectivity index (χ0) is 24.5. The molecule has 0 fully saturated rings. The number of rotatable bonds is 11. The highest BCUT2D eigenvalue weighted by molar-refractivity contribution is 6.36. The Morgan fingerprint density at radius 2 is 1.88 bits per heavy atom. The lowest BCUT2D eigenvalue weighted by molar-refractivity contribution is -0.385. The Morgan fingerprint density at radius 3 is 2.45 bits per heavy atom. The minimum Gasteiger partial charge on any atom is -0.490 e. The van der Waals surface area contributed by atoms with Gasteiger partial charge >= 0.3 is 5.69 Å². The third kappa shape index (κ3) is 6.97. The molecule has 0 aromatic heterocycles. The zero-order valence-electron chi connectivity index (χ0n) is 18.5. The van der Waals surface area contributed by atoms with E-state index in [9.17, 15) is 19.7 Å². The van der Waals surface area contributed by atoms with Gasteiger partial charge < -0.3 is 19.7 Å². The van der Waals surface area contributed by atoms with Crippen LogP contribution in [0.25, 0.3) is 0 Å². The van der Waals surface area contributed by atoms with Crippen molar-refractivity contribution in [3.63, 3.8) is 0 Å². The van der Waals surface area contributed by atoms with Crippen LogP contribution >= 0.6 is 23.2 Å². The highest BCUT2D eigenvalue weighted by Gasteiger charge is 2.28. The average Bonchev–Trinajstić information content (AvgIpc) is 2.80. The minimum absolute atomic E-state index is 0.00281. The van der Waals surface area contributed by atoms with E-state index < -0.39 is 23.5 Å². The molecule has 0 spiro atoms. The predicted molar refractivity (Wildman–Crippen MR) is 125 cm³/mol. The molecule has 0 radical (unpaired) electrons. The quantitative estimate of drug-likeness (QED) is 0.367. The molecular formula is C22H25Cl2N3O6. The van der Waals surface area contributed by atoms with Crippen LogP contribution in [0.2, 0.25) is 10.0 Å². The Balaban J connectivity index is 2.24. The molecule has 2 aromatic rings. The molecule has 0 saturated heterocycles. The van der Waals surface area contributed by atoms with Gasteiger partial charge in [0, 0.05) is 40.8 Å². The summed E-state index contributed by atoms with van der Waals surface area (Å²) in [6.07, 6.45) is 0.744. The van der Waals surface area contributed by atoms with Crippen LogP contribution < -0.4 is 14.8 Å². The molecule has 1 N–H and O–H groups in total. The lowest BCUT2D eigenvalue weighted by Gasteiger charge is -2.29. The van der Waals surface area contributed by atoms with E-state index in [1.807, 2.05) is 6.92 Å². The molecule has 9 nitrogen and oxygen atoms in total. The van der Waals surface area contributed by atoms with Crippen LogP contribution in [0.3, 0.4) is 0 Å². The Hall–Kier alpha value is -3.04. The number of nitro groups is 1. The first-order valence-electron chi connectivity index (χ1n) is 10.1. The maximum atomic E-state index is 13.1. The van der Waals surface area contributed by atoms with Gasteiger partial charge in [0.15, 0.2) is 6.61 Å². The van der Waals surface area contributed by atoms with E-state index in [0.29, 0.717) is 22.2 Å². The largest absolute Gasteiger partial charge is 0.490 e. The fourth-order valence-corrected chi connectivity index (χ4v) is 3.48. The Bertz CT molecular complexity index is 997. The number of nitro benzene ring substituents is 1. The van der Waals surface area contributed by atoms with Gasteiger partial charge in [0.2, 0.25) is 11.7 Å². The maximum Gasteiger partial charge on any atom is 0.311 e. The summed E-state index contributed by atoms with van der Waals surface area (Å²) >= 11 is 12.5. The number of nitrogens with one attached hydrogen (secondary N) is 1. The molecule has 0 saturated carbocycles. The zero-order valence-corrected chi connectivity index (χ0v) is 20.0. The van der Waals surface area contributed by atoms with Gasteiger partial charge in [0.25, 0.3) is 5.91 Å². The number of ether oxygens (including phenoxy) is 2. The van der Waals surface area contributed by atoms with Gasteiger partial charge in [-0.05, 0) is 31.5 Å². The number of halogens is 2. The summed E-state index contributed by atoms with van der Waals surface area (Å²) in [6.45, 7) is 3.56. The van der Waals surface area contributed by atoms with Crippen LogP contribution in [0.15, 0.2) is 36.4 Å². The molecule has 178 valence electrons. The van der Waals surface area contributed by atoms with E-state index in [-0.39, 0.29) is 29.6 Å². The van der Waals surface area contributed by atoms with Crippen molar-refractivity contribution in [1.29, 1.82) is 0 Å². The first kappa shape index (κ1) is 26.2. The monoisotopic (exact) mass is 497 g/mol. The molecule has 2 aromatic carbocycles. The number of amides is 2. The molecule has 1 atom stereocenters. The van der Waals surface area contributed by atoms with Gasteiger partial charge in [0.1, 0.15) is 11.8 Å². The molecule has 2 amide bonds. The van der Waals surface area contributed by atoms with Gasteiger partial charge in [-0.25, -0.2) is 0 Å². The topological polar surface area (TPSA) is 111 Å². The number of hydrogen-bond acceptors (Lipinski definition) is 6. The lowest BCUT2D eigenvalue weighted by atomic mass is 10.1. The molecule has 0 heterocycles. The highest BCUT2D eigenvalue weighted by atomic mass is 35.5.